The lowest BCUT2D eigenvalue weighted by Gasteiger charge is -2.31. The summed E-state index contributed by atoms with van der Waals surface area (Å²) in [5.74, 6) is 0.953. The van der Waals surface area contributed by atoms with Crippen LogP contribution in [0.5, 0.6) is 5.75 Å². The summed E-state index contributed by atoms with van der Waals surface area (Å²) in [5, 5.41) is 3.47. The van der Waals surface area contributed by atoms with Gasteiger partial charge in [-0.15, -0.1) is 0 Å². The standard InChI is InChI=1S/C15H24N2O/c1-17(14-6-4-9-16-12-14)10-8-13-5-3-7-15(11-13)18-2/h3,5,7,11,14,16H,4,6,8-10,12H2,1-2H3. The van der Waals surface area contributed by atoms with Gasteiger partial charge in [0, 0.05) is 19.1 Å². The van der Waals surface area contributed by atoms with Gasteiger partial charge >= 0.3 is 0 Å². The molecule has 100 valence electrons. The second-order valence-electron chi connectivity index (χ2n) is 5.08. The first-order chi connectivity index (χ1) is 8.79. The van der Waals surface area contributed by atoms with E-state index in [0.717, 1.165) is 25.3 Å². The fourth-order valence-electron chi connectivity index (χ4n) is 2.53. The predicted molar refractivity (Wildman–Crippen MR) is 75.2 cm³/mol. The molecule has 1 fully saturated rings. The summed E-state index contributed by atoms with van der Waals surface area (Å²) in [5.41, 5.74) is 1.35. The molecular weight excluding hydrogens is 224 g/mol. The number of methoxy groups -OCH3 is 1. The van der Waals surface area contributed by atoms with Crippen molar-refractivity contribution in [1.29, 1.82) is 0 Å². The van der Waals surface area contributed by atoms with E-state index in [2.05, 4.69) is 35.5 Å². The molecule has 0 saturated carbocycles. The predicted octanol–water partition coefficient (Wildman–Crippen LogP) is 1.92. The third-order valence-corrected chi connectivity index (χ3v) is 3.78. The quantitative estimate of drug-likeness (QED) is 0.861. The van der Waals surface area contributed by atoms with Crippen LogP contribution in [0.1, 0.15) is 18.4 Å². The highest BCUT2D eigenvalue weighted by molar-refractivity contribution is 5.28. The van der Waals surface area contributed by atoms with E-state index in [0.29, 0.717) is 6.04 Å². The lowest BCUT2D eigenvalue weighted by Crippen LogP contribution is -2.44. The van der Waals surface area contributed by atoms with Crippen molar-refractivity contribution in [1.82, 2.24) is 10.2 Å². The topological polar surface area (TPSA) is 24.5 Å². The molecule has 1 saturated heterocycles. The highest BCUT2D eigenvalue weighted by atomic mass is 16.5. The first-order valence-electron chi connectivity index (χ1n) is 6.83. The van der Waals surface area contributed by atoms with Crippen LogP contribution in [0.3, 0.4) is 0 Å². The smallest absolute Gasteiger partial charge is 0.119 e. The maximum absolute atomic E-state index is 5.25. The van der Waals surface area contributed by atoms with Crippen LogP contribution in [0.25, 0.3) is 0 Å². The van der Waals surface area contributed by atoms with E-state index in [-0.39, 0.29) is 0 Å². The van der Waals surface area contributed by atoms with Crippen LogP contribution in [0.15, 0.2) is 24.3 Å². The molecule has 18 heavy (non-hydrogen) atoms. The first-order valence-corrected chi connectivity index (χ1v) is 6.83. The second kappa shape index (κ2) is 6.76. The van der Waals surface area contributed by atoms with Crippen LogP contribution in [-0.4, -0.2) is 44.7 Å². The van der Waals surface area contributed by atoms with E-state index >= 15 is 0 Å². The highest BCUT2D eigenvalue weighted by Gasteiger charge is 2.17. The van der Waals surface area contributed by atoms with Crippen LogP contribution in [0, 0.1) is 0 Å². The molecule has 0 spiro atoms. The van der Waals surface area contributed by atoms with Crippen LogP contribution in [0.2, 0.25) is 0 Å². The van der Waals surface area contributed by atoms with Crippen LogP contribution in [-0.2, 0) is 6.42 Å². The molecule has 1 aromatic carbocycles. The number of ether oxygens (including phenoxy) is 1. The highest BCUT2D eigenvalue weighted by Crippen LogP contribution is 2.14. The van der Waals surface area contributed by atoms with Crippen molar-refractivity contribution < 1.29 is 4.74 Å². The molecule has 0 bridgehead atoms. The van der Waals surface area contributed by atoms with Gasteiger partial charge in [-0.2, -0.15) is 0 Å². The number of piperidine rings is 1. The minimum atomic E-state index is 0.698. The Morgan fingerprint density at radius 2 is 2.33 bits per heavy atom. The number of rotatable bonds is 5. The largest absolute Gasteiger partial charge is 0.497 e. The number of nitrogens with zero attached hydrogens (tertiary/aromatic N) is 1. The molecule has 1 aliphatic rings. The first kappa shape index (κ1) is 13.4. The van der Waals surface area contributed by atoms with Gasteiger partial charge in [-0.1, -0.05) is 12.1 Å². The van der Waals surface area contributed by atoms with Crippen molar-refractivity contribution in [2.75, 3.05) is 33.8 Å². The van der Waals surface area contributed by atoms with E-state index in [1.807, 2.05) is 6.07 Å². The molecule has 0 amide bonds. The lowest BCUT2D eigenvalue weighted by atomic mass is 10.1. The fourth-order valence-corrected chi connectivity index (χ4v) is 2.53. The molecular formula is C15H24N2O. The zero-order valence-electron chi connectivity index (χ0n) is 11.5. The maximum atomic E-state index is 5.25. The van der Waals surface area contributed by atoms with Crippen molar-refractivity contribution in [3.63, 3.8) is 0 Å². The van der Waals surface area contributed by atoms with Gasteiger partial charge in [-0.25, -0.2) is 0 Å². The van der Waals surface area contributed by atoms with Crippen LogP contribution < -0.4 is 10.1 Å². The number of benzene rings is 1. The van der Waals surface area contributed by atoms with Gasteiger partial charge in [0.05, 0.1) is 7.11 Å². The van der Waals surface area contributed by atoms with Gasteiger partial charge in [0.1, 0.15) is 5.75 Å². The van der Waals surface area contributed by atoms with E-state index in [9.17, 15) is 0 Å². The summed E-state index contributed by atoms with van der Waals surface area (Å²) < 4.78 is 5.25. The van der Waals surface area contributed by atoms with Crippen LogP contribution in [0.4, 0.5) is 0 Å². The number of hydrogen-bond donors (Lipinski definition) is 1. The lowest BCUT2D eigenvalue weighted by molar-refractivity contribution is 0.205. The van der Waals surface area contributed by atoms with E-state index < -0.39 is 0 Å². The average Bonchev–Trinajstić information content (AvgIpc) is 2.46. The zero-order valence-corrected chi connectivity index (χ0v) is 11.5. The molecule has 1 aliphatic heterocycles. The summed E-state index contributed by atoms with van der Waals surface area (Å²) in [4.78, 5) is 2.48. The molecule has 2 rings (SSSR count). The van der Waals surface area contributed by atoms with Gasteiger partial charge in [0.25, 0.3) is 0 Å². The summed E-state index contributed by atoms with van der Waals surface area (Å²) in [6.07, 6.45) is 3.71. The normalized spacial score (nSPS) is 20.1. The fraction of sp³-hybridized carbons (Fsp3) is 0.600. The molecule has 0 radical (unpaired) electrons. The minimum Gasteiger partial charge on any atom is -0.497 e. The Balaban J connectivity index is 1.82. The molecule has 0 aromatic heterocycles. The Hall–Kier alpha value is -1.06. The number of hydrogen-bond acceptors (Lipinski definition) is 3. The average molecular weight is 248 g/mol. The molecule has 3 nitrogen and oxygen atoms in total. The SMILES string of the molecule is COc1cccc(CCN(C)C2CCCNC2)c1. The molecule has 3 heteroatoms. The monoisotopic (exact) mass is 248 g/mol. The van der Waals surface area contributed by atoms with Gasteiger partial charge in [0.15, 0.2) is 0 Å². The summed E-state index contributed by atoms with van der Waals surface area (Å²) in [7, 11) is 3.96. The molecule has 0 aliphatic carbocycles. The number of nitrogens with one attached hydrogen (secondary N) is 1. The van der Waals surface area contributed by atoms with E-state index in [4.69, 9.17) is 4.74 Å². The Kier molecular flexibility index (Phi) is 5.02. The van der Waals surface area contributed by atoms with Crippen molar-refractivity contribution in [2.45, 2.75) is 25.3 Å². The van der Waals surface area contributed by atoms with Gasteiger partial charge < -0.3 is 15.0 Å². The van der Waals surface area contributed by atoms with Crippen molar-refractivity contribution in [3.8, 4) is 5.75 Å². The van der Waals surface area contributed by atoms with Crippen LogP contribution >= 0.6 is 0 Å². The molecule has 1 N–H and O–H groups in total. The molecule has 1 heterocycles. The van der Waals surface area contributed by atoms with Crippen molar-refractivity contribution in [3.05, 3.63) is 29.8 Å². The third kappa shape index (κ3) is 3.72. The second-order valence-corrected chi connectivity index (χ2v) is 5.08. The third-order valence-electron chi connectivity index (χ3n) is 3.78. The minimum absolute atomic E-state index is 0.698. The Morgan fingerprint density at radius 3 is 3.06 bits per heavy atom. The number of likely N-dealkylation sites (N-methyl/N-ethyl adjacent to an activating group) is 1. The molecule has 1 aromatic rings. The van der Waals surface area contributed by atoms with Crippen molar-refractivity contribution in [2.24, 2.45) is 0 Å². The molecule has 1 unspecified atom stereocenters. The van der Waals surface area contributed by atoms with E-state index in [1.165, 1.54) is 24.9 Å². The Morgan fingerprint density at radius 1 is 1.44 bits per heavy atom. The van der Waals surface area contributed by atoms with Gasteiger partial charge in [-0.3, -0.25) is 0 Å². The molecule has 1 atom stereocenters. The Bertz CT molecular complexity index is 361. The summed E-state index contributed by atoms with van der Waals surface area (Å²) in [6, 6.07) is 9.07. The zero-order chi connectivity index (χ0) is 12.8. The van der Waals surface area contributed by atoms with Crippen molar-refractivity contribution >= 4 is 0 Å². The Labute approximate surface area is 110 Å². The maximum Gasteiger partial charge on any atom is 0.119 e. The summed E-state index contributed by atoms with van der Waals surface area (Å²) in [6.45, 7) is 3.42. The summed E-state index contributed by atoms with van der Waals surface area (Å²) >= 11 is 0. The van der Waals surface area contributed by atoms with Gasteiger partial charge in [-0.05, 0) is 50.6 Å². The van der Waals surface area contributed by atoms with Gasteiger partial charge in [0.2, 0.25) is 0 Å². The van der Waals surface area contributed by atoms with E-state index in [1.54, 1.807) is 7.11 Å².